The first-order chi connectivity index (χ1) is 9.59. The van der Waals surface area contributed by atoms with Crippen molar-refractivity contribution in [2.24, 2.45) is 11.1 Å². The second-order valence-electron chi connectivity index (χ2n) is 5.52. The van der Waals surface area contributed by atoms with Gasteiger partial charge in [0.15, 0.2) is 0 Å². The molecule has 0 bridgehead atoms. The highest BCUT2D eigenvalue weighted by molar-refractivity contribution is 6.34. The normalized spacial score (nSPS) is 12.6. The monoisotopic (exact) mass is 333 g/mol. The van der Waals surface area contributed by atoms with Crippen molar-refractivity contribution in [2.45, 2.75) is 26.8 Å². The molecule has 0 spiro atoms. The van der Waals surface area contributed by atoms with Gasteiger partial charge in [0.05, 0.1) is 6.04 Å². The zero-order chi connectivity index (χ0) is 16.2. The molecule has 0 radical (unpaired) electrons. The molecule has 0 aromatic carbocycles. The maximum Gasteiger partial charge on any atom is 0.404 e. The van der Waals surface area contributed by atoms with Crippen LogP contribution in [0, 0.1) is 5.41 Å². The summed E-state index contributed by atoms with van der Waals surface area (Å²) >= 11 is 11.6. The molecule has 1 aromatic heterocycles. The lowest BCUT2D eigenvalue weighted by Gasteiger charge is -2.30. The number of ether oxygens (including phenoxy) is 1. The number of nitrogens with zero attached hydrogens (tertiary/aromatic N) is 1. The summed E-state index contributed by atoms with van der Waals surface area (Å²) in [7, 11) is 0. The number of hydrogen-bond donors (Lipinski definition) is 2. The van der Waals surface area contributed by atoms with Crippen molar-refractivity contribution in [2.75, 3.05) is 6.61 Å². The van der Waals surface area contributed by atoms with Crippen LogP contribution in [0.25, 0.3) is 0 Å². The average molecular weight is 334 g/mol. The molecule has 0 aliphatic heterocycles. The van der Waals surface area contributed by atoms with E-state index in [0.29, 0.717) is 5.02 Å². The highest BCUT2D eigenvalue weighted by Gasteiger charge is 2.28. The van der Waals surface area contributed by atoms with Gasteiger partial charge in [-0.3, -0.25) is 4.79 Å². The summed E-state index contributed by atoms with van der Waals surface area (Å²) in [5.41, 5.74) is 4.67. The lowest BCUT2D eigenvalue weighted by Crippen LogP contribution is -2.47. The minimum absolute atomic E-state index is 0.0428. The van der Waals surface area contributed by atoms with Gasteiger partial charge in [-0.05, 0) is 17.5 Å². The maximum atomic E-state index is 12.2. The van der Waals surface area contributed by atoms with Gasteiger partial charge in [-0.2, -0.15) is 0 Å². The largest absolute Gasteiger partial charge is 0.448 e. The van der Waals surface area contributed by atoms with E-state index in [2.05, 4.69) is 10.3 Å². The fourth-order valence-corrected chi connectivity index (χ4v) is 1.96. The van der Waals surface area contributed by atoms with Crippen LogP contribution in [-0.4, -0.2) is 29.6 Å². The van der Waals surface area contributed by atoms with Gasteiger partial charge >= 0.3 is 6.09 Å². The molecule has 2 amide bonds. The van der Waals surface area contributed by atoms with Crippen LogP contribution in [0.1, 0.15) is 31.3 Å². The van der Waals surface area contributed by atoms with Crippen LogP contribution in [0.5, 0.6) is 0 Å². The van der Waals surface area contributed by atoms with Crippen LogP contribution in [0.2, 0.25) is 10.2 Å². The van der Waals surface area contributed by atoms with E-state index in [1.165, 1.54) is 12.1 Å². The first-order valence-corrected chi connectivity index (χ1v) is 6.91. The molecule has 0 saturated carbocycles. The van der Waals surface area contributed by atoms with Crippen molar-refractivity contribution < 1.29 is 14.3 Å². The Morgan fingerprint density at radius 3 is 2.48 bits per heavy atom. The minimum Gasteiger partial charge on any atom is -0.448 e. The number of pyridine rings is 1. The summed E-state index contributed by atoms with van der Waals surface area (Å²) in [6, 6.07) is 2.38. The minimum atomic E-state index is -0.901. The Balaban J connectivity index is 2.87. The zero-order valence-electron chi connectivity index (χ0n) is 11.9. The fourth-order valence-electron chi connectivity index (χ4n) is 1.49. The standard InChI is InChI=1S/C13H17Cl2N3O3/c1-13(2,3)9(6-21-12(16)20)18-11(19)8-4-7(14)5-10(15)17-8/h4-5,9H,6H2,1-3H3,(H2,16,20)(H,18,19). The number of carbonyl (C=O) groups excluding carboxylic acids is 2. The number of carbonyl (C=O) groups is 2. The van der Waals surface area contributed by atoms with Gasteiger partial charge in [0.1, 0.15) is 17.5 Å². The molecule has 8 heteroatoms. The number of primary amides is 1. The molecule has 1 rings (SSSR count). The van der Waals surface area contributed by atoms with Crippen LogP contribution in [0.4, 0.5) is 4.79 Å². The quantitative estimate of drug-likeness (QED) is 0.828. The first-order valence-electron chi connectivity index (χ1n) is 6.16. The van der Waals surface area contributed by atoms with Crippen molar-refractivity contribution in [3.63, 3.8) is 0 Å². The summed E-state index contributed by atoms with van der Waals surface area (Å²) in [5, 5.41) is 3.16. The van der Waals surface area contributed by atoms with Crippen molar-refractivity contribution in [1.82, 2.24) is 10.3 Å². The topological polar surface area (TPSA) is 94.3 Å². The van der Waals surface area contributed by atoms with Crippen molar-refractivity contribution in [1.29, 1.82) is 0 Å². The van der Waals surface area contributed by atoms with Crippen molar-refractivity contribution in [3.05, 3.63) is 28.0 Å². The van der Waals surface area contributed by atoms with Gasteiger partial charge in [-0.25, -0.2) is 9.78 Å². The molecule has 1 aromatic rings. The first kappa shape index (κ1) is 17.5. The molecular weight excluding hydrogens is 317 g/mol. The fraction of sp³-hybridized carbons (Fsp3) is 0.462. The Morgan fingerprint density at radius 1 is 1.38 bits per heavy atom. The SMILES string of the molecule is CC(C)(C)C(COC(N)=O)NC(=O)c1cc(Cl)cc(Cl)n1. The third kappa shape index (κ3) is 5.77. The van der Waals surface area contributed by atoms with E-state index in [4.69, 9.17) is 33.7 Å². The molecule has 1 unspecified atom stereocenters. The Bertz CT molecular complexity index is 524. The third-order valence-corrected chi connectivity index (χ3v) is 3.15. The van der Waals surface area contributed by atoms with Gasteiger partial charge in [0, 0.05) is 5.02 Å². The molecule has 1 heterocycles. The zero-order valence-corrected chi connectivity index (χ0v) is 13.5. The summed E-state index contributed by atoms with van der Waals surface area (Å²) in [6.07, 6.45) is -0.901. The van der Waals surface area contributed by atoms with E-state index in [-0.39, 0.29) is 22.9 Å². The molecule has 0 saturated heterocycles. The average Bonchev–Trinajstić information content (AvgIpc) is 2.31. The van der Waals surface area contributed by atoms with E-state index in [9.17, 15) is 9.59 Å². The highest BCUT2D eigenvalue weighted by Crippen LogP contribution is 2.21. The molecular formula is C13H17Cl2N3O3. The van der Waals surface area contributed by atoms with E-state index >= 15 is 0 Å². The maximum absolute atomic E-state index is 12.2. The smallest absolute Gasteiger partial charge is 0.404 e. The van der Waals surface area contributed by atoms with Gasteiger partial charge < -0.3 is 15.8 Å². The second kappa shape index (κ2) is 6.95. The van der Waals surface area contributed by atoms with Crippen LogP contribution in [-0.2, 0) is 4.74 Å². The summed E-state index contributed by atoms with van der Waals surface area (Å²) < 4.78 is 4.77. The summed E-state index contributed by atoms with van der Waals surface area (Å²) in [4.78, 5) is 26.8. The van der Waals surface area contributed by atoms with E-state index in [1.54, 1.807) is 0 Å². The van der Waals surface area contributed by atoms with Crippen molar-refractivity contribution >= 4 is 35.2 Å². The number of halogens is 2. The molecule has 0 aliphatic carbocycles. The Morgan fingerprint density at radius 2 is 2.00 bits per heavy atom. The van der Waals surface area contributed by atoms with Crippen LogP contribution in [0.15, 0.2) is 12.1 Å². The number of nitrogens with two attached hydrogens (primary N) is 1. The van der Waals surface area contributed by atoms with Gasteiger partial charge in [0.2, 0.25) is 0 Å². The lowest BCUT2D eigenvalue weighted by molar-refractivity contribution is 0.0799. The molecule has 3 N–H and O–H groups in total. The molecule has 1 atom stereocenters. The molecule has 0 aliphatic rings. The molecule has 0 fully saturated rings. The van der Waals surface area contributed by atoms with Crippen LogP contribution >= 0.6 is 23.2 Å². The highest BCUT2D eigenvalue weighted by atomic mass is 35.5. The number of amides is 2. The number of hydrogen-bond acceptors (Lipinski definition) is 4. The predicted octanol–water partition coefficient (Wildman–Crippen LogP) is 2.63. The predicted molar refractivity (Wildman–Crippen MR) is 80.5 cm³/mol. The Labute approximate surface area is 133 Å². The molecule has 6 nitrogen and oxygen atoms in total. The Kier molecular flexibility index (Phi) is 5.80. The van der Waals surface area contributed by atoms with E-state index in [1.807, 2.05) is 20.8 Å². The molecule has 21 heavy (non-hydrogen) atoms. The number of aromatic nitrogens is 1. The van der Waals surface area contributed by atoms with Gasteiger partial charge in [-0.15, -0.1) is 0 Å². The van der Waals surface area contributed by atoms with E-state index < -0.39 is 18.0 Å². The number of rotatable bonds is 4. The summed E-state index contributed by atoms with van der Waals surface area (Å²) in [6.45, 7) is 5.63. The van der Waals surface area contributed by atoms with E-state index in [0.717, 1.165) is 0 Å². The third-order valence-electron chi connectivity index (χ3n) is 2.73. The van der Waals surface area contributed by atoms with Crippen molar-refractivity contribution in [3.8, 4) is 0 Å². The Hall–Kier alpha value is -1.53. The van der Waals surface area contributed by atoms with Crippen LogP contribution < -0.4 is 11.1 Å². The van der Waals surface area contributed by atoms with Gasteiger partial charge in [0.25, 0.3) is 5.91 Å². The van der Waals surface area contributed by atoms with Crippen LogP contribution in [0.3, 0.4) is 0 Å². The summed E-state index contributed by atoms with van der Waals surface area (Å²) in [5.74, 6) is -0.465. The molecule has 116 valence electrons. The second-order valence-corrected chi connectivity index (χ2v) is 6.34. The lowest BCUT2D eigenvalue weighted by atomic mass is 9.87. The van der Waals surface area contributed by atoms with Gasteiger partial charge in [-0.1, -0.05) is 44.0 Å². The number of nitrogens with one attached hydrogen (secondary N) is 1.